The van der Waals surface area contributed by atoms with Crippen molar-refractivity contribution in [3.05, 3.63) is 35.4 Å². The zero-order valence-electron chi connectivity index (χ0n) is 12.9. The summed E-state index contributed by atoms with van der Waals surface area (Å²) in [5.41, 5.74) is 1.92. The molecule has 110 valence electrons. The van der Waals surface area contributed by atoms with Gasteiger partial charge < -0.3 is 9.47 Å². The maximum absolute atomic E-state index is 12.6. The molecule has 0 atom stereocenters. The monoisotopic (exact) mass is 284 g/mol. The van der Waals surface area contributed by atoms with E-state index < -0.39 is 0 Å². The molecule has 0 heterocycles. The summed E-state index contributed by atoms with van der Waals surface area (Å²) < 4.78 is 10.9. The third kappa shape index (κ3) is 1.99. The molecule has 0 fully saturated rings. The maximum atomic E-state index is 12.6. The lowest BCUT2D eigenvalue weighted by molar-refractivity contribution is 0.0958. The van der Waals surface area contributed by atoms with Crippen LogP contribution in [0.2, 0.25) is 0 Å². The van der Waals surface area contributed by atoms with Crippen molar-refractivity contribution < 1.29 is 14.3 Å². The molecule has 0 N–H and O–H groups in total. The van der Waals surface area contributed by atoms with E-state index in [2.05, 4.69) is 19.9 Å². The molecule has 0 aromatic heterocycles. The van der Waals surface area contributed by atoms with E-state index in [1.807, 2.05) is 18.2 Å². The molecule has 1 aliphatic carbocycles. The Kier molecular flexibility index (Phi) is 3.16. The molecule has 0 aliphatic heterocycles. The second-order valence-corrected chi connectivity index (χ2v) is 6.19. The van der Waals surface area contributed by atoms with Gasteiger partial charge in [-0.05, 0) is 29.5 Å². The van der Waals surface area contributed by atoms with Crippen LogP contribution in [-0.4, -0.2) is 20.0 Å². The van der Waals surface area contributed by atoms with E-state index in [1.165, 1.54) is 0 Å². The highest BCUT2D eigenvalue weighted by Crippen LogP contribution is 2.44. The molecule has 1 aliphatic rings. The Labute approximate surface area is 124 Å². The van der Waals surface area contributed by atoms with E-state index in [0.717, 1.165) is 39.8 Å². The summed E-state index contributed by atoms with van der Waals surface area (Å²) in [4.78, 5) is 12.6. The average Bonchev–Trinajstić information content (AvgIpc) is 2.49. The van der Waals surface area contributed by atoms with E-state index in [-0.39, 0.29) is 11.2 Å². The lowest BCUT2D eigenvalue weighted by atomic mass is 9.71. The minimum absolute atomic E-state index is 0.00548. The Morgan fingerprint density at radius 1 is 1.00 bits per heavy atom. The average molecular weight is 284 g/mol. The fourth-order valence-electron chi connectivity index (χ4n) is 3.28. The first-order chi connectivity index (χ1) is 9.99. The lowest BCUT2D eigenvalue weighted by Crippen LogP contribution is -2.27. The smallest absolute Gasteiger partial charge is 0.163 e. The Morgan fingerprint density at radius 3 is 2.33 bits per heavy atom. The van der Waals surface area contributed by atoms with E-state index >= 15 is 0 Å². The molecular formula is C18H20O3. The predicted octanol–water partition coefficient (Wildman–Crippen LogP) is 4.11. The quantitative estimate of drug-likeness (QED) is 0.832. The normalized spacial score (nSPS) is 16.7. The van der Waals surface area contributed by atoms with Gasteiger partial charge >= 0.3 is 0 Å². The molecule has 0 saturated carbocycles. The lowest BCUT2D eigenvalue weighted by Gasteiger charge is -2.32. The molecule has 3 nitrogen and oxygen atoms in total. The van der Waals surface area contributed by atoms with Crippen LogP contribution in [0.15, 0.2) is 24.3 Å². The number of methoxy groups -OCH3 is 2. The van der Waals surface area contributed by atoms with Crippen molar-refractivity contribution in [1.29, 1.82) is 0 Å². The van der Waals surface area contributed by atoms with E-state index in [0.29, 0.717) is 6.42 Å². The van der Waals surface area contributed by atoms with Gasteiger partial charge in [-0.2, -0.15) is 0 Å². The molecular weight excluding hydrogens is 264 g/mol. The van der Waals surface area contributed by atoms with Gasteiger partial charge in [0.05, 0.1) is 14.2 Å². The van der Waals surface area contributed by atoms with Crippen molar-refractivity contribution >= 4 is 16.6 Å². The Balaban J connectivity index is 2.47. The van der Waals surface area contributed by atoms with Crippen LogP contribution in [0.25, 0.3) is 10.8 Å². The van der Waals surface area contributed by atoms with Crippen molar-refractivity contribution in [2.45, 2.75) is 32.1 Å². The summed E-state index contributed by atoms with van der Waals surface area (Å²) in [7, 11) is 3.28. The highest BCUT2D eigenvalue weighted by Gasteiger charge is 2.34. The van der Waals surface area contributed by atoms with Gasteiger partial charge in [0, 0.05) is 22.8 Å². The van der Waals surface area contributed by atoms with Crippen LogP contribution in [0.1, 0.15) is 42.6 Å². The fourth-order valence-corrected chi connectivity index (χ4v) is 3.28. The van der Waals surface area contributed by atoms with E-state index in [4.69, 9.17) is 9.47 Å². The van der Waals surface area contributed by atoms with Crippen molar-refractivity contribution in [2.24, 2.45) is 0 Å². The van der Waals surface area contributed by atoms with Crippen LogP contribution < -0.4 is 9.47 Å². The standard InChI is InChI=1S/C18H20O3/c1-18(2)10-9-13(19)17-12(18)6-5-11-14(20-3)7-8-15(21-4)16(11)17/h5-8H,9-10H2,1-4H3. The van der Waals surface area contributed by atoms with Crippen molar-refractivity contribution in [3.63, 3.8) is 0 Å². The number of carbonyl (C=O) groups excluding carboxylic acids is 1. The van der Waals surface area contributed by atoms with E-state index in [9.17, 15) is 4.79 Å². The summed E-state index contributed by atoms with van der Waals surface area (Å²) in [6.45, 7) is 4.38. The fraction of sp³-hybridized carbons (Fsp3) is 0.389. The Morgan fingerprint density at radius 2 is 1.67 bits per heavy atom. The van der Waals surface area contributed by atoms with Gasteiger partial charge in [-0.1, -0.05) is 26.0 Å². The number of fused-ring (bicyclic) bond motifs is 3. The summed E-state index contributed by atoms with van der Waals surface area (Å²) in [6, 6.07) is 7.86. The molecule has 0 spiro atoms. The van der Waals surface area contributed by atoms with Crippen LogP contribution >= 0.6 is 0 Å². The number of Topliss-reactive ketones (excluding diaryl/α,β-unsaturated/α-hetero) is 1. The van der Waals surface area contributed by atoms with Crippen molar-refractivity contribution in [1.82, 2.24) is 0 Å². The van der Waals surface area contributed by atoms with Crippen LogP contribution in [0.3, 0.4) is 0 Å². The van der Waals surface area contributed by atoms with Crippen LogP contribution in [0.4, 0.5) is 0 Å². The molecule has 0 unspecified atom stereocenters. The number of benzene rings is 2. The number of ketones is 1. The van der Waals surface area contributed by atoms with E-state index in [1.54, 1.807) is 14.2 Å². The first-order valence-corrected chi connectivity index (χ1v) is 7.21. The van der Waals surface area contributed by atoms with Gasteiger partial charge in [-0.25, -0.2) is 0 Å². The van der Waals surface area contributed by atoms with Gasteiger partial charge in [0.15, 0.2) is 5.78 Å². The molecule has 3 heteroatoms. The highest BCUT2D eigenvalue weighted by molar-refractivity contribution is 6.13. The Bertz CT molecular complexity index is 729. The minimum Gasteiger partial charge on any atom is -0.496 e. The van der Waals surface area contributed by atoms with Gasteiger partial charge in [-0.15, -0.1) is 0 Å². The number of hydrogen-bond donors (Lipinski definition) is 0. The van der Waals surface area contributed by atoms with Crippen molar-refractivity contribution in [3.8, 4) is 11.5 Å². The minimum atomic E-state index is 0.00548. The predicted molar refractivity (Wildman–Crippen MR) is 83.6 cm³/mol. The van der Waals surface area contributed by atoms with Crippen LogP contribution in [-0.2, 0) is 5.41 Å². The largest absolute Gasteiger partial charge is 0.496 e. The van der Waals surface area contributed by atoms with Crippen LogP contribution in [0.5, 0.6) is 11.5 Å². The summed E-state index contributed by atoms with van der Waals surface area (Å²) in [6.07, 6.45) is 1.47. The topological polar surface area (TPSA) is 35.5 Å². The summed E-state index contributed by atoms with van der Waals surface area (Å²) in [5.74, 6) is 1.69. The first kappa shape index (κ1) is 13.9. The van der Waals surface area contributed by atoms with Gasteiger partial charge in [0.2, 0.25) is 0 Å². The van der Waals surface area contributed by atoms with Gasteiger partial charge in [0.1, 0.15) is 11.5 Å². The SMILES string of the molecule is COc1ccc(OC)c2c3c(ccc12)C(C)(C)CCC3=O. The van der Waals surface area contributed by atoms with Crippen molar-refractivity contribution in [2.75, 3.05) is 14.2 Å². The zero-order valence-corrected chi connectivity index (χ0v) is 12.9. The number of hydrogen-bond acceptors (Lipinski definition) is 3. The molecule has 3 rings (SSSR count). The summed E-state index contributed by atoms with van der Waals surface area (Å²) >= 11 is 0. The molecule has 2 aromatic rings. The Hall–Kier alpha value is -2.03. The van der Waals surface area contributed by atoms with Crippen LogP contribution in [0, 0.1) is 0 Å². The molecule has 21 heavy (non-hydrogen) atoms. The first-order valence-electron chi connectivity index (χ1n) is 7.21. The molecule has 0 radical (unpaired) electrons. The zero-order chi connectivity index (χ0) is 15.2. The van der Waals surface area contributed by atoms with Gasteiger partial charge in [0.25, 0.3) is 0 Å². The number of ether oxygens (including phenoxy) is 2. The number of carbonyl (C=O) groups is 1. The molecule has 2 aromatic carbocycles. The third-order valence-electron chi connectivity index (χ3n) is 4.53. The second kappa shape index (κ2) is 4.76. The molecule has 0 amide bonds. The highest BCUT2D eigenvalue weighted by atomic mass is 16.5. The van der Waals surface area contributed by atoms with Gasteiger partial charge in [-0.3, -0.25) is 4.79 Å². The number of rotatable bonds is 2. The maximum Gasteiger partial charge on any atom is 0.163 e. The third-order valence-corrected chi connectivity index (χ3v) is 4.53. The molecule has 0 saturated heterocycles. The summed E-state index contributed by atoms with van der Waals surface area (Å²) in [5, 5.41) is 1.81. The second-order valence-electron chi connectivity index (χ2n) is 6.19. The molecule has 0 bridgehead atoms.